The maximum atomic E-state index is 6.06. The highest BCUT2D eigenvalue weighted by atomic mass is 35.5. The Hall–Kier alpha value is -1.29. The molecule has 5 heteroatoms. The van der Waals surface area contributed by atoms with Crippen LogP contribution in [0.25, 0.3) is 0 Å². The van der Waals surface area contributed by atoms with E-state index < -0.39 is 0 Å². The molecule has 3 N–H and O–H groups in total. The predicted molar refractivity (Wildman–Crippen MR) is 85.2 cm³/mol. The largest absolute Gasteiger partial charge is 0.393 e. The molecule has 0 amide bonds. The molecule has 0 fully saturated rings. The topological polar surface area (TPSA) is 63.8 Å². The normalized spacial score (nSPS) is 15.3. The van der Waals surface area contributed by atoms with E-state index >= 15 is 0 Å². The van der Waals surface area contributed by atoms with Gasteiger partial charge in [0.05, 0.1) is 0 Å². The van der Waals surface area contributed by atoms with Crippen molar-refractivity contribution in [1.82, 2.24) is 9.97 Å². The van der Waals surface area contributed by atoms with Crippen molar-refractivity contribution in [2.45, 2.75) is 51.9 Å². The van der Waals surface area contributed by atoms with Crippen LogP contribution in [-0.2, 0) is 0 Å². The third kappa shape index (κ3) is 3.85. The average molecular weight is 295 g/mol. The maximum Gasteiger partial charge on any atom is 0.157 e. The van der Waals surface area contributed by atoms with Crippen molar-refractivity contribution in [2.75, 3.05) is 17.6 Å². The van der Waals surface area contributed by atoms with Crippen LogP contribution in [0.3, 0.4) is 0 Å². The van der Waals surface area contributed by atoms with E-state index in [0.29, 0.717) is 16.7 Å². The lowest BCUT2D eigenvalue weighted by Crippen LogP contribution is -2.11. The van der Waals surface area contributed by atoms with E-state index in [4.69, 9.17) is 17.3 Å². The van der Waals surface area contributed by atoms with Crippen LogP contribution in [0.2, 0.25) is 5.15 Å². The summed E-state index contributed by atoms with van der Waals surface area (Å²) in [5.41, 5.74) is 7.91. The van der Waals surface area contributed by atoms with Crippen molar-refractivity contribution < 1.29 is 0 Å². The van der Waals surface area contributed by atoms with E-state index in [0.717, 1.165) is 18.8 Å². The van der Waals surface area contributed by atoms with Crippen LogP contribution in [0.4, 0.5) is 11.5 Å². The smallest absolute Gasteiger partial charge is 0.157 e. The number of hydrogen-bond donors (Lipinski definition) is 2. The number of hydrogen-bond acceptors (Lipinski definition) is 4. The van der Waals surface area contributed by atoms with Gasteiger partial charge in [0.15, 0.2) is 11.0 Å². The number of nitrogen functional groups attached to an aromatic ring is 1. The first-order chi connectivity index (χ1) is 9.58. The number of aromatic nitrogens is 2. The highest BCUT2D eigenvalue weighted by molar-refractivity contribution is 6.32. The zero-order chi connectivity index (χ0) is 14.5. The molecule has 1 aromatic heterocycles. The molecule has 1 heterocycles. The molecule has 0 atom stereocenters. The van der Waals surface area contributed by atoms with Crippen molar-refractivity contribution in [3.63, 3.8) is 0 Å². The van der Waals surface area contributed by atoms with Crippen LogP contribution >= 0.6 is 11.6 Å². The van der Waals surface area contributed by atoms with Gasteiger partial charge in [-0.25, -0.2) is 9.97 Å². The monoisotopic (exact) mass is 294 g/mol. The van der Waals surface area contributed by atoms with Crippen LogP contribution in [-0.4, -0.2) is 16.5 Å². The number of halogens is 1. The van der Waals surface area contributed by atoms with Gasteiger partial charge in [0.25, 0.3) is 0 Å². The van der Waals surface area contributed by atoms with E-state index in [1.807, 2.05) is 13.8 Å². The number of anilines is 2. The molecule has 0 saturated heterocycles. The molecule has 1 aliphatic rings. The molecular formula is C15H23ClN4. The lowest BCUT2D eigenvalue weighted by Gasteiger charge is -2.15. The van der Waals surface area contributed by atoms with E-state index in [9.17, 15) is 0 Å². The molecule has 2 rings (SSSR count). The quantitative estimate of drug-likeness (QED) is 0.633. The molecule has 4 nitrogen and oxygen atoms in total. The minimum atomic E-state index is 0.231. The van der Waals surface area contributed by atoms with Crippen LogP contribution < -0.4 is 11.1 Å². The Morgan fingerprint density at radius 1 is 1.35 bits per heavy atom. The van der Waals surface area contributed by atoms with Gasteiger partial charge in [-0.2, -0.15) is 0 Å². The minimum Gasteiger partial charge on any atom is -0.393 e. The second-order valence-corrected chi connectivity index (χ2v) is 5.93. The van der Waals surface area contributed by atoms with Crippen molar-refractivity contribution in [2.24, 2.45) is 0 Å². The molecule has 0 saturated carbocycles. The van der Waals surface area contributed by atoms with Gasteiger partial charge in [0.2, 0.25) is 0 Å². The zero-order valence-corrected chi connectivity index (χ0v) is 13.0. The fourth-order valence-electron chi connectivity index (χ4n) is 2.32. The van der Waals surface area contributed by atoms with E-state index in [1.54, 1.807) is 0 Å². The molecular weight excluding hydrogens is 272 g/mol. The summed E-state index contributed by atoms with van der Waals surface area (Å²) in [6.07, 6.45) is 8.47. The van der Waals surface area contributed by atoms with Gasteiger partial charge in [-0.15, -0.1) is 0 Å². The second-order valence-electron chi connectivity index (χ2n) is 5.57. The molecule has 0 unspecified atom stereocenters. The van der Waals surface area contributed by atoms with Gasteiger partial charge in [0.1, 0.15) is 11.5 Å². The summed E-state index contributed by atoms with van der Waals surface area (Å²) in [7, 11) is 0. The van der Waals surface area contributed by atoms with Gasteiger partial charge in [0, 0.05) is 12.5 Å². The number of nitrogens with two attached hydrogens (primary N) is 1. The lowest BCUT2D eigenvalue weighted by atomic mass is 9.97. The minimum absolute atomic E-state index is 0.231. The second kappa shape index (κ2) is 6.93. The summed E-state index contributed by atoms with van der Waals surface area (Å²) in [6, 6.07) is 0. The highest BCUT2D eigenvalue weighted by Crippen LogP contribution is 2.26. The Morgan fingerprint density at radius 3 is 2.80 bits per heavy atom. The molecule has 1 aliphatic carbocycles. The predicted octanol–water partition coefficient (Wildman–Crippen LogP) is 4.14. The molecule has 20 heavy (non-hydrogen) atoms. The third-order valence-corrected chi connectivity index (χ3v) is 3.84. The summed E-state index contributed by atoms with van der Waals surface area (Å²) in [5.74, 6) is 1.61. The Bertz CT molecular complexity index is 497. The number of allylic oxidation sites excluding steroid dienone is 1. The molecule has 110 valence electrons. The number of nitrogens with zero attached hydrogens (tertiary/aromatic N) is 2. The standard InChI is InChI=1S/C15H23ClN4/c1-10(2)14-19-13(16)12(17)15(20-14)18-9-8-11-6-4-3-5-7-11/h6,10H,3-5,7-9,17H2,1-2H3,(H,18,19,20). The number of nitrogens with one attached hydrogen (secondary N) is 1. The maximum absolute atomic E-state index is 6.06. The third-order valence-electron chi connectivity index (χ3n) is 3.56. The summed E-state index contributed by atoms with van der Waals surface area (Å²) < 4.78 is 0. The fraction of sp³-hybridized carbons (Fsp3) is 0.600. The SMILES string of the molecule is CC(C)c1nc(Cl)c(N)c(NCCC2=CCCCC2)n1. The lowest BCUT2D eigenvalue weighted by molar-refractivity contribution is 0.679. The van der Waals surface area contributed by atoms with Gasteiger partial charge >= 0.3 is 0 Å². The van der Waals surface area contributed by atoms with E-state index in [1.165, 1.54) is 31.3 Å². The molecule has 1 aromatic rings. The molecule has 0 bridgehead atoms. The van der Waals surface area contributed by atoms with Crippen LogP contribution in [0.1, 0.15) is 57.7 Å². The Morgan fingerprint density at radius 2 is 2.15 bits per heavy atom. The fourth-order valence-corrected chi connectivity index (χ4v) is 2.50. The summed E-state index contributed by atoms with van der Waals surface area (Å²) in [5, 5.41) is 3.63. The molecule has 0 aliphatic heterocycles. The van der Waals surface area contributed by atoms with Crippen LogP contribution in [0.5, 0.6) is 0 Å². The van der Waals surface area contributed by atoms with Gasteiger partial charge in [-0.1, -0.05) is 37.1 Å². The van der Waals surface area contributed by atoms with Crippen molar-refractivity contribution in [1.29, 1.82) is 0 Å². The van der Waals surface area contributed by atoms with Crippen LogP contribution in [0, 0.1) is 0 Å². The summed E-state index contributed by atoms with van der Waals surface area (Å²) >= 11 is 6.06. The first kappa shape index (κ1) is 15.1. The molecule has 0 radical (unpaired) electrons. The van der Waals surface area contributed by atoms with E-state index in [-0.39, 0.29) is 5.92 Å². The Balaban J connectivity index is 1.99. The van der Waals surface area contributed by atoms with Crippen molar-refractivity contribution in [3.8, 4) is 0 Å². The molecule has 0 aromatic carbocycles. The summed E-state index contributed by atoms with van der Waals surface area (Å²) in [6.45, 7) is 4.91. The van der Waals surface area contributed by atoms with Crippen LogP contribution in [0.15, 0.2) is 11.6 Å². The van der Waals surface area contributed by atoms with Crippen molar-refractivity contribution >= 4 is 23.1 Å². The van der Waals surface area contributed by atoms with Crippen molar-refractivity contribution in [3.05, 3.63) is 22.6 Å². The van der Waals surface area contributed by atoms with Gasteiger partial charge < -0.3 is 11.1 Å². The van der Waals surface area contributed by atoms with E-state index in [2.05, 4.69) is 21.4 Å². The Kier molecular flexibility index (Phi) is 5.24. The molecule has 0 spiro atoms. The first-order valence-electron chi connectivity index (χ1n) is 7.32. The highest BCUT2D eigenvalue weighted by Gasteiger charge is 2.12. The summed E-state index contributed by atoms with van der Waals surface area (Å²) in [4.78, 5) is 8.67. The Labute approximate surface area is 125 Å². The number of rotatable bonds is 5. The average Bonchev–Trinajstić information content (AvgIpc) is 2.44. The zero-order valence-electron chi connectivity index (χ0n) is 12.2. The van der Waals surface area contributed by atoms with Gasteiger partial charge in [-0.3, -0.25) is 0 Å². The first-order valence-corrected chi connectivity index (χ1v) is 7.70. The van der Waals surface area contributed by atoms with Gasteiger partial charge in [-0.05, 0) is 32.1 Å².